The SMILES string of the molecule is O=C(Nc1ccc(-c2cnc(-c3ccc(NC(=O)[C@@H]4CCCN4)cc3)o2)cc1)C1CCCC1. The minimum Gasteiger partial charge on any atom is -0.436 e. The number of carbonyl (C=O) groups excluding carboxylic acids is 2. The average molecular weight is 445 g/mol. The second-order valence-electron chi connectivity index (χ2n) is 8.79. The molecule has 3 aromatic rings. The van der Waals surface area contributed by atoms with Crippen LogP contribution >= 0.6 is 0 Å². The third-order valence-corrected chi connectivity index (χ3v) is 6.44. The molecule has 33 heavy (non-hydrogen) atoms. The predicted octanol–water partition coefficient (Wildman–Crippen LogP) is 4.83. The molecule has 1 aromatic heterocycles. The smallest absolute Gasteiger partial charge is 0.241 e. The predicted molar refractivity (Wildman–Crippen MR) is 128 cm³/mol. The Labute approximate surface area is 193 Å². The van der Waals surface area contributed by atoms with E-state index >= 15 is 0 Å². The minimum atomic E-state index is -0.110. The van der Waals surface area contributed by atoms with Crippen LogP contribution in [0, 0.1) is 5.92 Å². The molecule has 1 saturated carbocycles. The van der Waals surface area contributed by atoms with Crippen molar-refractivity contribution in [2.24, 2.45) is 5.92 Å². The number of carbonyl (C=O) groups is 2. The maximum Gasteiger partial charge on any atom is 0.241 e. The summed E-state index contributed by atoms with van der Waals surface area (Å²) in [4.78, 5) is 29.0. The van der Waals surface area contributed by atoms with Gasteiger partial charge in [0.05, 0.1) is 12.2 Å². The summed E-state index contributed by atoms with van der Waals surface area (Å²) in [5.74, 6) is 1.42. The first-order valence-electron chi connectivity index (χ1n) is 11.7. The van der Waals surface area contributed by atoms with Crippen LogP contribution in [0.25, 0.3) is 22.8 Å². The third-order valence-electron chi connectivity index (χ3n) is 6.44. The summed E-state index contributed by atoms with van der Waals surface area (Å²) in [5, 5.41) is 9.16. The molecule has 0 unspecified atom stereocenters. The summed E-state index contributed by atoms with van der Waals surface area (Å²) in [6.45, 7) is 0.890. The number of aromatic nitrogens is 1. The number of amides is 2. The molecule has 7 nitrogen and oxygen atoms in total. The monoisotopic (exact) mass is 444 g/mol. The topological polar surface area (TPSA) is 96.3 Å². The Bertz CT molecular complexity index is 1020. The molecule has 3 N–H and O–H groups in total. The fourth-order valence-corrected chi connectivity index (χ4v) is 4.53. The number of nitrogens with zero attached hydrogens (tertiary/aromatic N) is 1. The second-order valence-corrected chi connectivity index (χ2v) is 8.79. The minimum absolute atomic E-state index is 0.00142. The molecule has 1 saturated heterocycles. The Morgan fingerprint density at radius 2 is 1.45 bits per heavy atom. The van der Waals surface area contributed by atoms with E-state index in [9.17, 15) is 9.59 Å². The average Bonchev–Trinajstić information content (AvgIpc) is 3.63. The maximum atomic E-state index is 12.3. The van der Waals surface area contributed by atoms with Gasteiger partial charge >= 0.3 is 0 Å². The molecule has 7 heteroatoms. The fraction of sp³-hybridized carbons (Fsp3) is 0.346. The number of oxazole rings is 1. The lowest BCUT2D eigenvalue weighted by Gasteiger charge is -2.11. The van der Waals surface area contributed by atoms with Crippen LogP contribution in [0.2, 0.25) is 0 Å². The number of anilines is 2. The summed E-state index contributed by atoms with van der Waals surface area (Å²) >= 11 is 0. The van der Waals surface area contributed by atoms with Gasteiger partial charge in [0.15, 0.2) is 5.76 Å². The van der Waals surface area contributed by atoms with Gasteiger partial charge in [-0.3, -0.25) is 9.59 Å². The van der Waals surface area contributed by atoms with Gasteiger partial charge in [0.2, 0.25) is 17.7 Å². The summed E-state index contributed by atoms with van der Waals surface area (Å²) in [7, 11) is 0. The van der Waals surface area contributed by atoms with Crippen molar-refractivity contribution in [1.29, 1.82) is 0 Å². The van der Waals surface area contributed by atoms with Crippen LogP contribution in [0.3, 0.4) is 0 Å². The molecule has 2 aliphatic rings. The normalized spacial score (nSPS) is 18.4. The van der Waals surface area contributed by atoms with E-state index < -0.39 is 0 Å². The lowest BCUT2D eigenvalue weighted by atomic mass is 10.1. The molecule has 2 heterocycles. The van der Waals surface area contributed by atoms with Crippen molar-refractivity contribution >= 4 is 23.2 Å². The zero-order valence-corrected chi connectivity index (χ0v) is 18.5. The van der Waals surface area contributed by atoms with Crippen LogP contribution in [-0.2, 0) is 9.59 Å². The Hall–Kier alpha value is -3.45. The van der Waals surface area contributed by atoms with E-state index in [1.165, 1.54) is 0 Å². The first-order valence-corrected chi connectivity index (χ1v) is 11.7. The largest absolute Gasteiger partial charge is 0.436 e. The Balaban J connectivity index is 1.21. The van der Waals surface area contributed by atoms with Crippen LogP contribution in [0.15, 0.2) is 59.1 Å². The molecule has 0 spiro atoms. The van der Waals surface area contributed by atoms with Crippen molar-refractivity contribution < 1.29 is 14.0 Å². The number of rotatable bonds is 6. The highest BCUT2D eigenvalue weighted by Crippen LogP contribution is 2.29. The van der Waals surface area contributed by atoms with Gasteiger partial charge < -0.3 is 20.4 Å². The van der Waals surface area contributed by atoms with Crippen LogP contribution in [-0.4, -0.2) is 29.4 Å². The Kier molecular flexibility index (Phi) is 6.21. The van der Waals surface area contributed by atoms with E-state index in [1.807, 2.05) is 48.5 Å². The van der Waals surface area contributed by atoms with Gasteiger partial charge in [0.1, 0.15) is 0 Å². The van der Waals surface area contributed by atoms with Crippen molar-refractivity contribution in [2.75, 3.05) is 17.2 Å². The highest BCUT2D eigenvalue weighted by molar-refractivity contribution is 5.95. The summed E-state index contributed by atoms with van der Waals surface area (Å²) in [6, 6.07) is 15.0. The third kappa shape index (κ3) is 4.98. The molecular formula is C26H28N4O3. The van der Waals surface area contributed by atoms with Crippen LogP contribution < -0.4 is 16.0 Å². The van der Waals surface area contributed by atoms with Crippen molar-refractivity contribution in [1.82, 2.24) is 10.3 Å². The van der Waals surface area contributed by atoms with Gasteiger partial charge in [-0.05, 0) is 80.8 Å². The maximum absolute atomic E-state index is 12.3. The van der Waals surface area contributed by atoms with Crippen molar-refractivity contribution in [3.63, 3.8) is 0 Å². The van der Waals surface area contributed by atoms with Crippen LogP contribution in [0.4, 0.5) is 11.4 Å². The molecule has 1 aliphatic carbocycles. The van der Waals surface area contributed by atoms with Gasteiger partial charge in [-0.15, -0.1) is 0 Å². The molecule has 170 valence electrons. The van der Waals surface area contributed by atoms with Crippen molar-refractivity contribution in [3.8, 4) is 22.8 Å². The second kappa shape index (κ2) is 9.58. The quantitative estimate of drug-likeness (QED) is 0.506. The number of hydrogen-bond acceptors (Lipinski definition) is 5. The molecule has 2 amide bonds. The summed E-state index contributed by atoms with van der Waals surface area (Å²) < 4.78 is 5.96. The molecule has 5 rings (SSSR count). The molecule has 0 radical (unpaired) electrons. The van der Waals surface area contributed by atoms with Crippen LogP contribution in [0.1, 0.15) is 38.5 Å². The highest BCUT2D eigenvalue weighted by atomic mass is 16.4. The molecule has 1 aliphatic heterocycles. The van der Waals surface area contributed by atoms with Gasteiger partial charge in [-0.25, -0.2) is 4.98 Å². The molecule has 2 fully saturated rings. The van der Waals surface area contributed by atoms with E-state index in [2.05, 4.69) is 20.9 Å². The lowest BCUT2D eigenvalue weighted by Crippen LogP contribution is -2.35. The van der Waals surface area contributed by atoms with Crippen molar-refractivity contribution in [2.45, 2.75) is 44.6 Å². The zero-order chi connectivity index (χ0) is 22.6. The van der Waals surface area contributed by atoms with Crippen molar-refractivity contribution in [3.05, 3.63) is 54.7 Å². The number of hydrogen-bond donors (Lipinski definition) is 3. The van der Waals surface area contributed by atoms with E-state index in [0.29, 0.717) is 11.7 Å². The van der Waals surface area contributed by atoms with E-state index in [0.717, 1.165) is 67.6 Å². The molecule has 1 atom stereocenters. The first-order chi connectivity index (χ1) is 16.2. The number of benzene rings is 2. The molecule has 2 aromatic carbocycles. The van der Waals surface area contributed by atoms with E-state index in [4.69, 9.17) is 4.42 Å². The fourth-order valence-electron chi connectivity index (χ4n) is 4.53. The highest BCUT2D eigenvalue weighted by Gasteiger charge is 2.23. The standard InChI is InChI=1S/C26H28N4O3/c31-24(18-4-1-2-5-18)29-20-11-7-17(8-12-20)23-16-28-26(33-23)19-9-13-21(14-10-19)30-25(32)22-6-3-15-27-22/h7-14,16,18,22,27H,1-6,15H2,(H,29,31)(H,30,32)/t22-/m0/s1. The van der Waals surface area contributed by atoms with Gasteiger partial charge in [-0.1, -0.05) is 12.8 Å². The van der Waals surface area contributed by atoms with Gasteiger partial charge in [-0.2, -0.15) is 0 Å². The zero-order valence-electron chi connectivity index (χ0n) is 18.5. The molecular weight excluding hydrogens is 416 g/mol. The summed E-state index contributed by atoms with van der Waals surface area (Å²) in [5.41, 5.74) is 3.26. The van der Waals surface area contributed by atoms with Gasteiger partial charge in [0, 0.05) is 28.4 Å². The molecule has 0 bridgehead atoms. The summed E-state index contributed by atoms with van der Waals surface area (Å²) in [6.07, 6.45) is 7.84. The van der Waals surface area contributed by atoms with E-state index in [1.54, 1.807) is 6.20 Å². The van der Waals surface area contributed by atoms with E-state index in [-0.39, 0.29) is 23.8 Å². The van der Waals surface area contributed by atoms with Crippen LogP contribution in [0.5, 0.6) is 0 Å². The first kappa shape index (κ1) is 21.4. The van der Waals surface area contributed by atoms with Gasteiger partial charge in [0.25, 0.3) is 0 Å². The number of nitrogens with one attached hydrogen (secondary N) is 3. The Morgan fingerprint density at radius 1 is 0.818 bits per heavy atom. The Morgan fingerprint density at radius 3 is 2.09 bits per heavy atom. The lowest BCUT2D eigenvalue weighted by molar-refractivity contribution is -0.119.